The van der Waals surface area contributed by atoms with E-state index in [0.29, 0.717) is 11.6 Å². The predicted molar refractivity (Wildman–Crippen MR) is 51.9 cm³/mol. The lowest BCUT2D eigenvalue weighted by Gasteiger charge is -2.04. The summed E-state index contributed by atoms with van der Waals surface area (Å²) in [6.07, 6.45) is 0. The smallest absolute Gasteiger partial charge is 0.234 e. The topological polar surface area (TPSA) is 28.7 Å². The number of nitrogens with one attached hydrogen (secondary N) is 1. The van der Waals surface area contributed by atoms with Crippen LogP contribution in [-0.4, -0.2) is 10.2 Å². The Morgan fingerprint density at radius 2 is 2.00 bits per heavy atom. The van der Waals surface area contributed by atoms with Crippen molar-refractivity contribution in [2.45, 2.75) is 23.6 Å². The highest BCUT2D eigenvalue weighted by molar-refractivity contribution is 6.66. The van der Waals surface area contributed by atoms with Crippen molar-refractivity contribution in [3.8, 4) is 0 Å². The maximum atomic E-state index is 5.62. The summed E-state index contributed by atoms with van der Waals surface area (Å²) >= 11 is 16.9. The van der Waals surface area contributed by atoms with Crippen molar-refractivity contribution in [1.82, 2.24) is 10.2 Å². The number of H-pyrrole nitrogens is 1. The van der Waals surface area contributed by atoms with Gasteiger partial charge in [-0.2, -0.15) is 5.10 Å². The Balaban J connectivity index is 2.92. The number of alkyl halides is 3. The van der Waals surface area contributed by atoms with E-state index >= 15 is 0 Å². The molecule has 0 saturated heterocycles. The summed E-state index contributed by atoms with van der Waals surface area (Å²) < 4.78 is -1.43. The molecule has 1 aromatic rings. The maximum Gasteiger partial charge on any atom is 0.234 e. The van der Waals surface area contributed by atoms with E-state index < -0.39 is 3.79 Å². The number of hydrogen-bond acceptors (Lipinski definition) is 1. The molecular weight excluding hydrogens is 218 g/mol. The van der Waals surface area contributed by atoms with Crippen molar-refractivity contribution in [3.05, 3.63) is 17.5 Å². The number of nitrogens with zero attached hydrogens (tertiary/aromatic N) is 1. The third-order valence-electron chi connectivity index (χ3n) is 1.51. The molecule has 12 heavy (non-hydrogen) atoms. The lowest BCUT2D eigenvalue weighted by molar-refractivity contribution is 0.808. The second kappa shape index (κ2) is 3.44. The first-order valence-electron chi connectivity index (χ1n) is 3.53. The van der Waals surface area contributed by atoms with Crippen LogP contribution in [0, 0.1) is 0 Å². The zero-order valence-corrected chi connectivity index (χ0v) is 9.00. The zero-order chi connectivity index (χ0) is 9.35. The molecule has 0 unspecified atom stereocenters. The molecule has 0 aliphatic rings. The molecule has 0 spiro atoms. The number of halogens is 3. The summed E-state index contributed by atoms with van der Waals surface area (Å²) in [5.41, 5.74) is 1.41. The highest BCUT2D eigenvalue weighted by Gasteiger charge is 2.26. The second-order valence-electron chi connectivity index (χ2n) is 2.86. The third kappa shape index (κ3) is 2.28. The van der Waals surface area contributed by atoms with E-state index in [9.17, 15) is 0 Å². The van der Waals surface area contributed by atoms with Crippen molar-refractivity contribution in [2.24, 2.45) is 0 Å². The molecule has 2 nitrogen and oxygen atoms in total. The molecule has 0 amide bonds. The SMILES string of the molecule is CC(C)c1cc(C(Cl)(Cl)Cl)n[nH]1. The summed E-state index contributed by atoms with van der Waals surface area (Å²) in [5, 5.41) is 6.70. The van der Waals surface area contributed by atoms with E-state index in [1.54, 1.807) is 6.07 Å². The minimum absolute atomic E-state index is 0.360. The Labute approximate surface area is 86.2 Å². The molecule has 1 heterocycles. The van der Waals surface area contributed by atoms with Crippen LogP contribution in [0.1, 0.15) is 31.2 Å². The van der Waals surface area contributed by atoms with Crippen molar-refractivity contribution in [1.29, 1.82) is 0 Å². The molecule has 68 valence electrons. The van der Waals surface area contributed by atoms with Crippen LogP contribution in [0.2, 0.25) is 0 Å². The summed E-state index contributed by atoms with van der Waals surface area (Å²) in [4.78, 5) is 0. The first-order chi connectivity index (χ1) is 5.41. The molecule has 0 atom stereocenters. The minimum Gasteiger partial charge on any atom is -0.282 e. The average molecular weight is 228 g/mol. The van der Waals surface area contributed by atoms with Gasteiger partial charge in [0.1, 0.15) is 5.69 Å². The molecule has 0 aromatic carbocycles. The van der Waals surface area contributed by atoms with Gasteiger partial charge in [-0.05, 0) is 12.0 Å². The molecule has 1 aromatic heterocycles. The third-order valence-corrected chi connectivity index (χ3v) is 2.09. The van der Waals surface area contributed by atoms with Gasteiger partial charge in [-0.3, -0.25) is 5.10 Å². The fraction of sp³-hybridized carbons (Fsp3) is 0.571. The first kappa shape index (κ1) is 10.2. The molecule has 1 N–H and O–H groups in total. The molecule has 1 rings (SSSR count). The van der Waals surface area contributed by atoms with Crippen LogP contribution in [0.5, 0.6) is 0 Å². The number of hydrogen-bond donors (Lipinski definition) is 1. The molecule has 0 aliphatic heterocycles. The lowest BCUT2D eigenvalue weighted by Crippen LogP contribution is -1.99. The normalized spacial score (nSPS) is 12.5. The monoisotopic (exact) mass is 226 g/mol. The lowest BCUT2D eigenvalue weighted by atomic mass is 10.1. The van der Waals surface area contributed by atoms with Crippen LogP contribution >= 0.6 is 34.8 Å². The highest BCUT2D eigenvalue weighted by atomic mass is 35.6. The molecule has 0 saturated carbocycles. The van der Waals surface area contributed by atoms with E-state index in [0.717, 1.165) is 5.69 Å². The van der Waals surface area contributed by atoms with Gasteiger partial charge in [-0.25, -0.2) is 0 Å². The minimum atomic E-state index is -1.43. The fourth-order valence-electron chi connectivity index (χ4n) is 0.778. The van der Waals surface area contributed by atoms with Crippen LogP contribution in [-0.2, 0) is 3.79 Å². The maximum absolute atomic E-state index is 5.62. The van der Waals surface area contributed by atoms with E-state index in [4.69, 9.17) is 34.8 Å². The number of aromatic amines is 1. The van der Waals surface area contributed by atoms with E-state index in [-0.39, 0.29) is 0 Å². The van der Waals surface area contributed by atoms with Crippen LogP contribution in [0.15, 0.2) is 6.07 Å². The van der Waals surface area contributed by atoms with Crippen molar-refractivity contribution in [2.75, 3.05) is 0 Å². The first-order valence-corrected chi connectivity index (χ1v) is 4.67. The average Bonchev–Trinajstić information content (AvgIpc) is 2.30. The molecule has 0 bridgehead atoms. The van der Waals surface area contributed by atoms with Crippen LogP contribution in [0.25, 0.3) is 0 Å². The molecule has 0 fully saturated rings. The van der Waals surface area contributed by atoms with Crippen molar-refractivity contribution < 1.29 is 0 Å². The predicted octanol–water partition coefficient (Wildman–Crippen LogP) is 3.36. The summed E-state index contributed by atoms with van der Waals surface area (Å²) in [6, 6.07) is 1.76. The Morgan fingerprint density at radius 3 is 2.25 bits per heavy atom. The van der Waals surface area contributed by atoms with Crippen LogP contribution in [0.3, 0.4) is 0 Å². The molecule has 0 radical (unpaired) electrons. The zero-order valence-electron chi connectivity index (χ0n) is 6.74. The Morgan fingerprint density at radius 1 is 1.42 bits per heavy atom. The summed E-state index contributed by atoms with van der Waals surface area (Å²) in [7, 11) is 0. The van der Waals surface area contributed by atoms with E-state index in [1.165, 1.54) is 0 Å². The Kier molecular flexibility index (Phi) is 2.92. The number of aromatic nitrogens is 2. The van der Waals surface area contributed by atoms with Crippen molar-refractivity contribution in [3.63, 3.8) is 0 Å². The van der Waals surface area contributed by atoms with Gasteiger partial charge in [0, 0.05) is 5.69 Å². The molecular formula is C7H9Cl3N2. The largest absolute Gasteiger partial charge is 0.282 e. The van der Waals surface area contributed by atoms with Gasteiger partial charge in [0.25, 0.3) is 0 Å². The van der Waals surface area contributed by atoms with Crippen LogP contribution < -0.4 is 0 Å². The highest BCUT2D eigenvalue weighted by Crippen LogP contribution is 2.37. The van der Waals surface area contributed by atoms with Gasteiger partial charge in [-0.15, -0.1) is 0 Å². The summed E-state index contributed by atoms with van der Waals surface area (Å²) in [5.74, 6) is 0.360. The van der Waals surface area contributed by atoms with Gasteiger partial charge in [0.05, 0.1) is 0 Å². The quantitative estimate of drug-likeness (QED) is 0.732. The van der Waals surface area contributed by atoms with Gasteiger partial charge >= 0.3 is 0 Å². The van der Waals surface area contributed by atoms with Gasteiger partial charge < -0.3 is 0 Å². The van der Waals surface area contributed by atoms with Crippen LogP contribution in [0.4, 0.5) is 0 Å². The van der Waals surface area contributed by atoms with Gasteiger partial charge in [0.2, 0.25) is 3.79 Å². The van der Waals surface area contributed by atoms with Gasteiger partial charge in [0.15, 0.2) is 0 Å². The standard InChI is InChI=1S/C7H9Cl3N2/c1-4(2)5-3-6(12-11-5)7(8,9)10/h3-4H,1-2H3,(H,11,12). The summed E-state index contributed by atoms with van der Waals surface area (Å²) in [6.45, 7) is 4.07. The van der Waals surface area contributed by atoms with Gasteiger partial charge in [-0.1, -0.05) is 48.7 Å². The second-order valence-corrected chi connectivity index (χ2v) is 5.14. The molecule has 5 heteroatoms. The Hall–Kier alpha value is 0.0800. The van der Waals surface area contributed by atoms with E-state index in [1.807, 2.05) is 13.8 Å². The molecule has 0 aliphatic carbocycles. The van der Waals surface area contributed by atoms with Crippen molar-refractivity contribution >= 4 is 34.8 Å². The fourth-order valence-corrected chi connectivity index (χ4v) is 1.07. The van der Waals surface area contributed by atoms with E-state index in [2.05, 4.69) is 10.2 Å². The number of rotatable bonds is 1. The Bertz CT molecular complexity index is 262.